The highest BCUT2D eigenvalue weighted by atomic mass is 35.5. The predicted octanol–water partition coefficient (Wildman–Crippen LogP) is 8.30. The van der Waals surface area contributed by atoms with Crippen molar-refractivity contribution in [3.8, 4) is 11.5 Å². The first kappa shape index (κ1) is 33.6. The molecule has 4 aromatic carbocycles. The van der Waals surface area contributed by atoms with Crippen molar-refractivity contribution in [1.82, 2.24) is 24.6 Å². The summed E-state index contributed by atoms with van der Waals surface area (Å²) >= 11 is 6.01. The molecule has 3 aliphatic heterocycles. The summed E-state index contributed by atoms with van der Waals surface area (Å²) in [5.74, 6) is 0.163. The summed E-state index contributed by atoms with van der Waals surface area (Å²) in [5.41, 5.74) is 8.21. The van der Waals surface area contributed by atoms with Gasteiger partial charge in [0.15, 0.2) is 11.5 Å². The van der Waals surface area contributed by atoms with Crippen molar-refractivity contribution in [2.75, 3.05) is 25.0 Å². The lowest BCUT2D eigenvalue weighted by atomic mass is 9.98. The van der Waals surface area contributed by atoms with Gasteiger partial charge in [0.05, 0.1) is 41.3 Å². The summed E-state index contributed by atoms with van der Waals surface area (Å²) in [5, 5.41) is 11.7. The van der Waals surface area contributed by atoms with Crippen molar-refractivity contribution < 1.29 is 23.4 Å². The van der Waals surface area contributed by atoms with E-state index in [1.165, 1.54) is 6.07 Å². The number of anilines is 1. The molecule has 2 aromatic heterocycles. The molecule has 0 bridgehead atoms. The van der Waals surface area contributed by atoms with Crippen LogP contribution in [0.4, 0.5) is 10.1 Å². The Balaban J connectivity index is 0.939. The molecule has 0 aliphatic carbocycles. The van der Waals surface area contributed by atoms with E-state index in [2.05, 4.69) is 31.1 Å². The number of carbonyl (C=O) groups excluding carboxylic acids is 1. The van der Waals surface area contributed by atoms with Gasteiger partial charge in [-0.25, -0.2) is 9.37 Å². The number of nitrogens with one attached hydrogen (secondary N) is 2. The van der Waals surface area contributed by atoms with Gasteiger partial charge in [0, 0.05) is 59.5 Å². The zero-order chi connectivity index (χ0) is 36.4. The molecule has 3 aliphatic rings. The van der Waals surface area contributed by atoms with Gasteiger partial charge in [-0.2, -0.15) is 5.10 Å². The van der Waals surface area contributed by atoms with E-state index in [4.69, 9.17) is 30.8 Å². The maximum atomic E-state index is 14.9. The quantitative estimate of drug-likeness (QED) is 0.162. The Morgan fingerprint density at radius 1 is 1.11 bits per heavy atom. The average molecular weight is 733 g/mol. The standard InChI is InChI=1S/C41H38ClFN6O4/c1-23-17-26(18-31-24(2)46-47-38(23)31)40(50)44-28-8-10-35-34(20-28)45-37(49(35)21-29-13-16-51-29)22-48-14-11-25(12-15-48)30-5-4-6-36-39(30)53-41(3,52-36)32-9-7-27(42)19-33(32)43/h4-11,17-20,29H,12-16,21-22H2,1-3H3,(H,44,50)(H,46,47)/t29-,41-/m0/s1. The number of aromatic amines is 1. The smallest absolute Gasteiger partial charge is 0.278 e. The van der Waals surface area contributed by atoms with Crippen molar-refractivity contribution in [2.45, 2.75) is 58.6 Å². The molecule has 2 atom stereocenters. The number of imidazole rings is 1. The zero-order valence-corrected chi connectivity index (χ0v) is 30.4. The molecular formula is C41H38ClFN6O4. The highest BCUT2D eigenvalue weighted by molar-refractivity contribution is 6.30. The number of halogens is 2. The van der Waals surface area contributed by atoms with Crippen LogP contribution in [-0.2, 0) is 23.6 Å². The molecule has 0 unspecified atom stereocenters. The second kappa shape index (κ2) is 13.0. The predicted molar refractivity (Wildman–Crippen MR) is 202 cm³/mol. The Morgan fingerprint density at radius 2 is 1.98 bits per heavy atom. The molecule has 0 spiro atoms. The number of hydrogen-bond acceptors (Lipinski definition) is 7. The minimum Gasteiger partial charge on any atom is -0.444 e. The Hall–Kier alpha value is -5.23. The first-order valence-electron chi connectivity index (χ1n) is 17.9. The summed E-state index contributed by atoms with van der Waals surface area (Å²) in [6, 6.07) is 20.0. The normalized spacial score (nSPS) is 19.8. The third-order valence-electron chi connectivity index (χ3n) is 10.6. The maximum Gasteiger partial charge on any atom is 0.278 e. The monoisotopic (exact) mass is 732 g/mol. The van der Waals surface area contributed by atoms with Gasteiger partial charge in [-0.1, -0.05) is 29.8 Å². The molecule has 270 valence electrons. The van der Waals surface area contributed by atoms with Crippen molar-refractivity contribution in [2.24, 2.45) is 0 Å². The van der Waals surface area contributed by atoms with Crippen LogP contribution < -0.4 is 14.8 Å². The van der Waals surface area contributed by atoms with Gasteiger partial charge in [-0.05, 0) is 92.4 Å². The van der Waals surface area contributed by atoms with Crippen LogP contribution in [0.3, 0.4) is 0 Å². The first-order chi connectivity index (χ1) is 25.6. The van der Waals surface area contributed by atoms with E-state index >= 15 is 0 Å². The molecule has 6 aromatic rings. The van der Waals surface area contributed by atoms with E-state index in [9.17, 15) is 9.18 Å². The van der Waals surface area contributed by atoms with Gasteiger partial charge >= 0.3 is 0 Å². The van der Waals surface area contributed by atoms with Crippen molar-refractivity contribution in [1.29, 1.82) is 0 Å². The molecular weight excluding hydrogens is 695 g/mol. The van der Waals surface area contributed by atoms with E-state index in [1.807, 2.05) is 62.4 Å². The Morgan fingerprint density at radius 3 is 2.75 bits per heavy atom. The molecule has 5 heterocycles. The average Bonchev–Trinajstić information content (AvgIpc) is 3.78. The molecule has 1 saturated heterocycles. The Kier molecular flexibility index (Phi) is 8.25. The summed E-state index contributed by atoms with van der Waals surface area (Å²) in [7, 11) is 0. The van der Waals surface area contributed by atoms with E-state index in [-0.39, 0.29) is 17.6 Å². The lowest BCUT2D eigenvalue weighted by Crippen LogP contribution is -2.33. The van der Waals surface area contributed by atoms with E-state index < -0.39 is 11.6 Å². The first-order valence-corrected chi connectivity index (χ1v) is 18.3. The minimum atomic E-state index is -1.31. The van der Waals surface area contributed by atoms with Crippen LogP contribution in [-0.4, -0.2) is 56.4 Å². The number of nitrogens with zero attached hydrogens (tertiary/aromatic N) is 4. The second-order valence-electron chi connectivity index (χ2n) is 14.2. The molecule has 1 fully saturated rings. The van der Waals surface area contributed by atoms with Gasteiger partial charge in [0.1, 0.15) is 11.6 Å². The van der Waals surface area contributed by atoms with Crippen LogP contribution in [0.15, 0.2) is 72.8 Å². The number of aromatic nitrogens is 4. The second-order valence-corrected chi connectivity index (χ2v) is 14.7. The highest BCUT2D eigenvalue weighted by Crippen LogP contribution is 2.49. The van der Waals surface area contributed by atoms with Gasteiger partial charge in [-0.15, -0.1) is 0 Å². The van der Waals surface area contributed by atoms with Crippen molar-refractivity contribution in [3.05, 3.63) is 117 Å². The number of carbonyl (C=O) groups is 1. The number of hydrogen-bond donors (Lipinski definition) is 2. The summed E-state index contributed by atoms with van der Waals surface area (Å²) in [4.78, 5) is 20.9. The largest absolute Gasteiger partial charge is 0.444 e. The van der Waals surface area contributed by atoms with Gasteiger partial charge in [-0.3, -0.25) is 14.8 Å². The topological polar surface area (TPSA) is 107 Å². The number of benzene rings is 4. The number of aryl methyl sites for hydroxylation is 2. The fourth-order valence-electron chi connectivity index (χ4n) is 7.61. The van der Waals surface area contributed by atoms with Gasteiger partial charge in [0.25, 0.3) is 11.7 Å². The molecule has 12 heteroatoms. The molecule has 2 N–H and O–H groups in total. The van der Waals surface area contributed by atoms with Gasteiger partial charge < -0.3 is 24.1 Å². The van der Waals surface area contributed by atoms with Gasteiger partial charge in [0.2, 0.25) is 0 Å². The van der Waals surface area contributed by atoms with Crippen LogP contribution >= 0.6 is 11.6 Å². The number of para-hydroxylation sites is 1. The lowest BCUT2D eigenvalue weighted by molar-refractivity contribution is -0.0708. The Bertz CT molecular complexity index is 2470. The number of amides is 1. The van der Waals surface area contributed by atoms with Crippen LogP contribution in [0.2, 0.25) is 5.02 Å². The summed E-state index contributed by atoms with van der Waals surface area (Å²) < 4.78 is 35.6. The Labute approximate surface area is 310 Å². The molecule has 1 amide bonds. The van der Waals surface area contributed by atoms with Crippen molar-refractivity contribution in [3.63, 3.8) is 0 Å². The minimum absolute atomic E-state index is 0.150. The molecule has 53 heavy (non-hydrogen) atoms. The fraction of sp³-hybridized carbons (Fsp3) is 0.293. The molecule has 0 saturated carbocycles. The van der Waals surface area contributed by atoms with Crippen molar-refractivity contribution >= 4 is 50.7 Å². The maximum absolute atomic E-state index is 14.9. The summed E-state index contributed by atoms with van der Waals surface area (Å²) in [6.45, 7) is 9.31. The third-order valence-corrected chi connectivity index (χ3v) is 10.8. The lowest BCUT2D eigenvalue weighted by Gasteiger charge is -2.29. The SMILES string of the molecule is Cc1[nH]nc2c(C)cc(C(=O)Nc3ccc4c(c3)nc(CN3CC=C(c5cccc6c5O[C@@](C)(c5ccc(Cl)cc5F)O6)CC3)n4C[C@@H]3CCO3)cc12. The van der Waals surface area contributed by atoms with Crippen LogP contribution in [0, 0.1) is 19.7 Å². The van der Waals surface area contributed by atoms with E-state index in [0.717, 1.165) is 82.7 Å². The molecule has 9 rings (SSSR count). The number of fused-ring (bicyclic) bond motifs is 3. The zero-order valence-electron chi connectivity index (χ0n) is 29.6. The number of ether oxygens (including phenoxy) is 3. The number of rotatable bonds is 8. The van der Waals surface area contributed by atoms with Crippen LogP contribution in [0.5, 0.6) is 11.5 Å². The molecule has 0 radical (unpaired) electrons. The molecule has 10 nitrogen and oxygen atoms in total. The number of H-pyrrole nitrogens is 1. The van der Waals surface area contributed by atoms with E-state index in [0.29, 0.717) is 40.9 Å². The third kappa shape index (κ3) is 6.12. The highest BCUT2D eigenvalue weighted by Gasteiger charge is 2.42. The fourth-order valence-corrected chi connectivity index (χ4v) is 7.77. The van der Waals surface area contributed by atoms with E-state index in [1.54, 1.807) is 19.1 Å². The van der Waals surface area contributed by atoms with Crippen LogP contribution in [0.1, 0.15) is 58.3 Å². The van der Waals surface area contributed by atoms with Crippen LogP contribution in [0.25, 0.3) is 27.5 Å². The summed E-state index contributed by atoms with van der Waals surface area (Å²) in [6.07, 6.45) is 4.18.